The van der Waals surface area contributed by atoms with Gasteiger partial charge in [0.15, 0.2) is 0 Å². The first kappa shape index (κ1) is 15.5. The second-order valence-corrected chi connectivity index (χ2v) is 6.14. The number of halogens is 1. The largest absolute Gasteiger partial charge is 0.392 e. The predicted octanol–water partition coefficient (Wildman–Crippen LogP) is 2.82. The molecule has 1 amide bonds. The Kier molecular flexibility index (Phi) is 7.39. The van der Waals surface area contributed by atoms with E-state index in [9.17, 15) is 4.79 Å². The van der Waals surface area contributed by atoms with E-state index in [2.05, 4.69) is 33.4 Å². The Morgan fingerprint density at radius 3 is 2.72 bits per heavy atom. The molecule has 18 heavy (non-hydrogen) atoms. The Labute approximate surface area is 120 Å². The van der Waals surface area contributed by atoms with Gasteiger partial charge in [-0.25, -0.2) is 0 Å². The van der Waals surface area contributed by atoms with Gasteiger partial charge < -0.3 is 10.4 Å². The molecule has 2 N–H and O–H groups in total. The fraction of sp³-hybridized carbons (Fsp3) is 0.462. The third-order valence-electron chi connectivity index (χ3n) is 2.23. The molecule has 0 fully saturated rings. The van der Waals surface area contributed by atoms with Gasteiger partial charge >= 0.3 is 0 Å². The lowest BCUT2D eigenvalue weighted by Gasteiger charge is -2.06. The van der Waals surface area contributed by atoms with Gasteiger partial charge in [-0.2, -0.15) is 0 Å². The number of hydrogen-bond acceptors (Lipinski definition) is 3. The molecule has 1 rings (SSSR count). The highest BCUT2D eigenvalue weighted by atomic mass is 79.9. The first-order chi connectivity index (χ1) is 8.58. The molecule has 0 saturated heterocycles. The van der Waals surface area contributed by atoms with E-state index in [1.165, 1.54) is 4.90 Å². The summed E-state index contributed by atoms with van der Waals surface area (Å²) in [6.45, 7) is 1.99. The number of nitrogens with one attached hydrogen (secondary N) is 1. The summed E-state index contributed by atoms with van der Waals surface area (Å²) >= 11 is 5.14. The molecule has 1 aromatic rings. The lowest BCUT2D eigenvalue weighted by atomic mass is 10.3. The van der Waals surface area contributed by atoms with Gasteiger partial charge in [0.1, 0.15) is 0 Å². The third-order valence-corrected chi connectivity index (χ3v) is 3.85. The van der Waals surface area contributed by atoms with Crippen LogP contribution in [0.4, 0.5) is 0 Å². The van der Waals surface area contributed by atoms with Gasteiger partial charge in [0.2, 0.25) is 5.91 Å². The van der Waals surface area contributed by atoms with E-state index < -0.39 is 6.10 Å². The minimum atomic E-state index is -0.480. The predicted molar refractivity (Wildman–Crippen MR) is 78.8 cm³/mol. The summed E-state index contributed by atoms with van der Waals surface area (Å²) in [6.07, 6.45) is 0.869. The molecule has 5 heteroatoms. The van der Waals surface area contributed by atoms with Gasteiger partial charge in [-0.15, -0.1) is 11.8 Å². The minimum absolute atomic E-state index is 0.00676. The molecule has 1 aromatic carbocycles. The normalized spacial score (nSPS) is 12.2. The molecule has 0 radical (unpaired) electrons. The highest BCUT2D eigenvalue weighted by Crippen LogP contribution is 2.21. The summed E-state index contributed by atoms with van der Waals surface area (Å²) in [7, 11) is 0. The molecule has 1 unspecified atom stereocenters. The molecule has 0 heterocycles. The van der Waals surface area contributed by atoms with Crippen LogP contribution in [0.3, 0.4) is 0 Å². The molecule has 0 aliphatic rings. The minimum Gasteiger partial charge on any atom is -0.392 e. The van der Waals surface area contributed by atoms with Gasteiger partial charge in [-0.05, 0) is 43.4 Å². The monoisotopic (exact) mass is 331 g/mol. The fourth-order valence-electron chi connectivity index (χ4n) is 1.30. The molecule has 0 bridgehead atoms. The molecule has 0 saturated carbocycles. The third kappa shape index (κ3) is 7.03. The Morgan fingerprint density at radius 2 is 2.11 bits per heavy atom. The maximum absolute atomic E-state index is 11.4. The zero-order valence-corrected chi connectivity index (χ0v) is 12.8. The number of aliphatic hydroxyl groups excluding tert-OH is 1. The van der Waals surface area contributed by atoms with E-state index >= 15 is 0 Å². The molecule has 0 aromatic heterocycles. The van der Waals surface area contributed by atoms with Crippen molar-refractivity contribution in [1.82, 2.24) is 5.32 Å². The van der Waals surface area contributed by atoms with Crippen LogP contribution < -0.4 is 5.32 Å². The van der Waals surface area contributed by atoms with E-state index in [1.54, 1.807) is 18.7 Å². The van der Waals surface area contributed by atoms with E-state index in [-0.39, 0.29) is 5.91 Å². The summed E-state index contributed by atoms with van der Waals surface area (Å²) < 4.78 is 1.07. The van der Waals surface area contributed by atoms with Gasteiger partial charge in [0.05, 0.1) is 6.10 Å². The maximum Gasteiger partial charge on any atom is 0.220 e. The van der Waals surface area contributed by atoms with Crippen LogP contribution in [-0.2, 0) is 4.79 Å². The fourth-order valence-corrected chi connectivity index (χ4v) is 2.42. The van der Waals surface area contributed by atoms with Crippen molar-refractivity contribution in [3.05, 3.63) is 28.7 Å². The zero-order chi connectivity index (χ0) is 13.4. The first-order valence-corrected chi connectivity index (χ1v) is 7.69. The summed E-state index contributed by atoms with van der Waals surface area (Å²) in [5.41, 5.74) is 0. The number of thioether (sulfide) groups is 1. The van der Waals surface area contributed by atoms with Gasteiger partial charge in [0, 0.05) is 22.3 Å². The topological polar surface area (TPSA) is 49.3 Å². The Hall–Kier alpha value is -0.520. The van der Waals surface area contributed by atoms with Crippen LogP contribution in [-0.4, -0.2) is 29.4 Å². The molecule has 0 spiro atoms. The van der Waals surface area contributed by atoms with Crippen LogP contribution in [0.2, 0.25) is 0 Å². The highest BCUT2D eigenvalue weighted by molar-refractivity contribution is 9.10. The van der Waals surface area contributed by atoms with Crippen molar-refractivity contribution in [3.8, 4) is 0 Å². The van der Waals surface area contributed by atoms with Crippen LogP contribution in [0, 0.1) is 0 Å². The quantitative estimate of drug-likeness (QED) is 0.596. The standard InChI is InChI=1S/C13H18BrNO2S/c1-10(16)9-15-13(17)3-2-8-18-12-6-4-11(14)5-7-12/h4-7,10,16H,2-3,8-9H2,1H3,(H,15,17). The summed E-state index contributed by atoms with van der Waals surface area (Å²) in [6, 6.07) is 8.14. The highest BCUT2D eigenvalue weighted by Gasteiger charge is 2.03. The number of aliphatic hydroxyl groups is 1. The van der Waals surface area contributed by atoms with Gasteiger partial charge in [-0.1, -0.05) is 15.9 Å². The lowest BCUT2D eigenvalue weighted by Crippen LogP contribution is -2.30. The van der Waals surface area contributed by atoms with Crippen LogP contribution in [0.25, 0.3) is 0 Å². The number of amides is 1. The van der Waals surface area contributed by atoms with Gasteiger partial charge in [-0.3, -0.25) is 4.79 Å². The summed E-state index contributed by atoms with van der Waals surface area (Å²) in [5.74, 6) is 0.927. The summed E-state index contributed by atoms with van der Waals surface area (Å²) in [5, 5.41) is 11.7. The number of carbonyl (C=O) groups is 1. The van der Waals surface area contributed by atoms with Crippen LogP contribution in [0.1, 0.15) is 19.8 Å². The van der Waals surface area contributed by atoms with Crippen molar-refractivity contribution < 1.29 is 9.90 Å². The molecular formula is C13H18BrNO2S. The van der Waals surface area contributed by atoms with Crippen LogP contribution in [0.15, 0.2) is 33.6 Å². The molecule has 3 nitrogen and oxygen atoms in total. The van der Waals surface area contributed by atoms with Gasteiger partial charge in [0.25, 0.3) is 0 Å². The summed E-state index contributed by atoms with van der Waals surface area (Å²) in [4.78, 5) is 12.6. The van der Waals surface area contributed by atoms with Crippen LogP contribution in [0.5, 0.6) is 0 Å². The van der Waals surface area contributed by atoms with E-state index in [4.69, 9.17) is 5.11 Å². The molecule has 1 atom stereocenters. The number of rotatable bonds is 7. The van der Waals surface area contributed by atoms with Crippen molar-refractivity contribution >= 4 is 33.6 Å². The number of carbonyl (C=O) groups excluding carboxylic acids is 1. The Bertz CT molecular complexity index is 368. The van der Waals surface area contributed by atoms with E-state index in [0.717, 1.165) is 16.6 Å². The average Bonchev–Trinajstić information content (AvgIpc) is 2.34. The van der Waals surface area contributed by atoms with Crippen molar-refractivity contribution in [2.75, 3.05) is 12.3 Å². The second-order valence-electron chi connectivity index (χ2n) is 4.06. The van der Waals surface area contributed by atoms with E-state index in [1.807, 2.05) is 12.1 Å². The van der Waals surface area contributed by atoms with Crippen molar-refractivity contribution in [2.45, 2.75) is 30.8 Å². The Balaban J connectivity index is 2.11. The molecule has 0 aliphatic carbocycles. The second kappa shape index (κ2) is 8.56. The lowest BCUT2D eigenvalue weighted by molar-refractivity contribution is -0.121. The smallest absolute Gasteiger partial charge is 0.220 e. The molecule has 100 valence electrons. The van der Waals surface area contributed by atoms with Crippen molar-refractivity contribution in [1.29, 1.82) is 0 Å². The van der Waals surface area contributed by atoms with E-state index in [0.29, 0.717) is 13.0 Å². The molecular weight excluding hydrogens is 314 g/mol. The Morgan fingerprint density at radius 1 is 1.44 bits per heavy atom. The molecule has 0 aliphatic heterocycles. The number of benzene rings is 1. The van der Waals surface area contributed by atoms with Crippen LogP contribution >= 0.6 is 27.7 Å². The van der Waals surface area contributed by atoms with Crippen molar-refractivity contribution in [3.63, 3.8) is 0 Å². The zero-order valence-electron chi connectivity index (χ0n) is 10.4. The maximum atomic E-state index is 11.4. The average molecular weight is 332 g/mol. The number of hydrogen-bond donors (Lipinski definition) is 2. The SMILES string of the molecule is CC(O)CNC(=O)CCCSc1ccc(Br)cc1. The van der Waals surface area contributed by atoms with Crippen molar-refractivity contribution in [2.24, 2.45) is 0 Å². The first-order valence-electron chi connectivity index (χ1n) is 5.91.